The zero-order chi connectivity index (χ0) is 14.8. The Morgan fingerprint density at radius 2 is 2.00 bits per heavy atom. The van der Waals surface area contributed by atoms with E-state index in [2.05, 4.69) is 27.6 Å². The standard InChI is InChI=1S/C15H9IN2O3/c16-10-2-1-3-11(8-10)21-15-5-4-14(18(19)20)12-6-7-17-9-13(12)15/h1-9H. The zero-order valence-electron chi connectivity index (χ0n) is 10.7. The molecule has 5 nitrogen and oxygen atoms in total. The third-order valence-electron chi connectivity index (χ3n) is 2.98. The molecule has 0 radical (unpaired) electrons. The molecule has 0 aliphatic heterocycles. The fourth-order valence-corrected chi connectivity index (χ4v) is 2.57. The molecular weight excluding hydrogens is 383 g/mol. The topological polar surface area (TPSA) is 65.3 Å². The van der Waals surface area contributed by atoms with Crippen molar-refractivity contribution in [1.29, 1.82) is 0 Å². The first-order chi connectivity index (χ1) is 10.1. The molecule has 0 unspecified atom stereocenters. The lowest BCUT2D eigenvalue weighted by Crippen LogP contribution is -1.92. The first kappa shape index (κ1) is 13.7. The molecule has 0 spiro atoms. The summed E-state index contributed by atoms with van der Waals surface area (Å²) in [6.45, 7) is 0. The Balaban J connectivity index is 2.12. The van der Waals surface area contributed by atoms with Crippen LogP contribution in [0.5, 0.6) is 11.5 Å². The molecule has 104 valence electrons. The van der Waals surface area contributed by atoms with Gasteiger partial charge in [-0.05, 0) is 52.9 Å². The van der Waals surface area contributed by atoms with Gasteiger partial charge in [0.2, 0.25) is 0 Å². The van der Waals surface area contributed by atoms with Gasteiger partial charge in [0.25, 0.3) is 5.69 Å². The van der Waals surface area contributed by atoms with Crippen molar-refractivity contribution in [1.82, 2.24) is 4.98 Å². The fourth-order valence-electron chi connectivity index (χ4n) is 2.05. The molecule has 0 bridgehead atoms. The van der Waals surface area contributed by atoms with Crippen molar-refractivity contribution < 1.29 is 9.66 Å². The lowest BCUT2D eigenvalue weighted by atomic mass is 10.1. The summed E-state index contributed by atoms with van der Waals surface area (Å²) in [5, 5.41) is 12.2. The van der Waals surface area contributed by atoms with Gasteiger partial charge < -0.3 is 4.74 Å². The van der Waals surface area contributed by atoms with Crippen molar-refractivity contribution in [2.45, 2.75) is 0 Å². The quantitative estimate of drug-likeness (QED) is 0.373. The van der Waals surface area contributed by atoms with Crippen molar-refractivity contribution in [2.75, 3.05) is 0 Å². The minimum Gasteiger partial charge on any atom is -0.457 e. The van der Waals surface area contributed by atoms with Gasteiger partial charge in [0.05, 0.1) is 10.3 Å². The Labute approximate surface area is 133 Å². The van der Waals surface area contributed by atoms with Crippen LogP contribution >= 0.6 is 22.6 Å². The summed E-state index contributed by atoms with van der Waals surface area (Å²) in [4.78, 5) is 14.7. The molecule has 1 aromatic heterocycles. The van der Waals surface area contributed by atoms with E-state index in [0.717, 1.165) is 3.57 Å². The van der Waals surface area contributed by atoms with Crippen LogP contribution in [-0.4, -0.2) is 9.91 Å². The van der Waals surface area contributed by atoms with Crippen molar-refractivity contribution in [3.05, 3.63) is 68.5 Å². The van der Waals surface area contributed by atoms with E-state index in [-0.39, 0.29) is 5.69 Å². The summed E-state index contributed by atoms with van der Waals surface area (Å²) in [5.41, 5.74) is 0.0439. The maximum absolute atomic E-state index is 11.1. The number of halogens is 1. The highest BCUT2D eigenvalue weighted by Gasteiger charge is 2.15. The Hall–Kier alpha value is -2.22. The van der Waals surface area contributed by atoms with E-state index in [9.17, 15) is 10.1 Å². The molecule has 0 N–H and O–H groups in total. The number of non-ortho nitro benzene ring substituents is 1. The van der Waals surface area contributed by atoms with Crippen molar-refractivity contribution in [3.8, 4) is 11.5 Å². The molecule has 6 heteroatoms. The number of fused-ring (bicyclic) bond motifs is 1. The van der Waals surface area contributed by atoms with Crippen molar-refractivity contribution in [3.63, 3.8) is 0 Å². The summed E-state index contributed by atoms with van der Waals surface area (Å²) < 4.78 is 6.89. The maximum Gasteiger partial charge on any atom is 0.277 e. The largest absolute Gasteiger partial charge is 0.457 e. The predicted octanol–water partition coefficient (Wildman–Crippen LogP) is 4.54. The minimum absolute atomic E-state index is 0.0439. The molecule has 2 aromatic carbocycles. The van der Waals surface area contributed by atoms with Crippen LogP contribution in [-0.2, 0) is 0 Å². The first-order valence-electron chi connectivity index (χ1n) is 6.10. The molecule has 3 rings (SSSR count). The highest BCUT2D eigenvalue weighted by atomic mass is 127. The number of pyridine rings is 1. The van der Waals surface area contributed by atoms with E-state index < -0.39 is 4.92 Å². The number of benzene rings is 2. The minimum atomic E-state index is -0.405. The van der Waals surface area contributed by atoms with Crippen molar-refractivity contribution in [2.24, 2.45) is 0 Å². The van der Waals surface area contributed by atoms with Gasteiger partial charge >= 0.3 is 0 Å². The molecule has 0 aliphatic carbocycles. The van der Waals surface area contributed by atoms with E-state index >= 15 is 0 Å². The van der Waals surface area contributed by atoms with Gasteiger partial charge in [-0.1, -0.05) is 6.07 Å². The van der Waals surface area contributed by atoms with E-state index in [4.69, 9.17) is 4.74 Å². The molecule has 0 amide bonds. The van der Waals surface area contributed by atoms with Crippen LogP contribution in [0.4, 0.5) is 5.69 Å². The summed E-state index contributed by atoms with van der Waals surface area (Å²) in [5.74, 6) is 1.23. The molecule has 21 heavy (non-hydrogen) atoms. The summed E-state index contributed by atoms with van der Waals surface area (Å²) in [6.07, 6.45) is 3.11. The predicted molar refractivity (Wildman–Crippen MR) is 87.6 cm³/mol. The van der Waals surface area contributed by atoms with Crippen LogP contribution < -0.4 is 4.74 Å². The molecule has 0 saturated heterocycles. The lowest BCUT2D eigenvalue weighted by molar-refractivity contribution is -0.383. The van der Waals surface area contributed by atoms with Gasteiger partial charge in [-0.2, -0.15) is 0 Å². The zero-order valence-corrected chi connectivity index (χ0v) is 12.9. The van der Waals surface area contributed by atoms with Gasteiger partial charge in [-0.15, -0.1) is 0 Å². The van der Waals surface area contributed by atoms with Crippen LogP contribution in [0.3, 0.4) is 0 Å². The second kappa shape index (κ2) is 5.65. The normalized spacial score (nSPS) is 10.5. The number of hydrogen-bond donors (Lipinski definition) is 0. The monoisotopic (exact) mass is 392 g/mol. The number of ether oxygens (including phenoxy) is 1. The average molecular weight is 392 g/mol. The van der Waals surface area contributed by atoms with E-state index in [1.807, 2.05) is 24.3 Å². The van der Waals surface area contributed by atoms with Gasteiger partial charge in [0, 0.05) is 27.4 Å². The Bertz CT molecular complexity index is 836. The molecular formula is C15H9IN2O3. The molecule has 0 saturated carbocycles. The molecule has 1 heterocycles. The van der Waals surface area contributed by atoms with Gasteiger partial charge in [-0.25, -0.2) is 0 Å². The van der Waals surface area contributed by atoms with Crippen LogP contribution in [0.2, 0.25) is 0 Å². The number of rotatable bonds is 3. The second-order valence-corrected chi connectivity index (χ2v) is 5.57. The second-order valence-electron chi connectivity index (χ2n) is 4.32. The van der Waals surface area contributed by atoms with E-state index in [1.54, 1.807) is 18.3 Å². The molecule has 0 fully saturated rings. The van der Waals surface area contributed by atoms with Crippen molar-refractivity contribution >= 4 is 39.1 Å². The third-order valence-corrected chi connectivity index (χ3v) is 3.65. The van der Waals surface area contributed by atoms with Crippen LogP contribution in [0, 0.1) is 13.7 Å². The number of hydrogen-bond acceptors (Lipinski definition) is 4. The number of nitro benzene ring substituents is 1. The summed E-state index contributed by atoms with van der Waals surface area (Å²) in [7, 11) is 0. The summed E-state index contributed by atoms with van der Waals surface area (Å²) in [6, 6.07) is 12.3. The van der Waals surface area contributed by atoms with Gasteiger partial charge in [-0.3, -0.25) is 15.1 Å². The molecule has 0 aliphatic rings. The molecule has 0 atom stereocenters. The third kappa shape index (κ3) is 2.80. The van der Waals surface area contributed by atoms with E-state index in [0.29, 0.717) is 22.3 Å². The smallest absolute Gasteiger partial charge is 0.277 e. The molecule has 3 aromatic rings. The van der Waals surface area contributed by atoms with Crippen LogP contribution in [0.1, 0.15) is 0 Å². The SMILES string of the molecule is O=[N+]([O-])c1ccc(Oc2cccc(I)c2)c2cnccc12. The lowest BCUT2D eigenvalue weighted by Gasteiger charge is -2.09. The van der Waals surface area contributed by atoms with Crippen LogP contribution in [0.25, 0.3) is 10.8 Å². The highest BCUT2D eigenvalue weighted by molar-refractivity contribution is 14.1. The maximum atomic E-state index is 11.1. The number of nitro groups is 1. The Morgan fingerprint density at radius 3 is 2.76 bits per heavy atom. The van der Waals surface area contributed by atoms with Gasteiger partial charge in [0.15, 0.2) is 0 Å². The Kier molecular flexibility index (Phi) is 3.70. The number of nitrogens with zero attached hydrogens (tertiary/aromatic N) is 2. The van der Waals surface area contributed by atoms with Gasteiger partial charge in [0.1, 0.15) is 11.5 Å². The Morgan fingerprint density at radius 1 is 1.14 bits per heavy atom. The fraction of sp³-hybridized carbons (Fsp3) is 0. The highest BCUT2D eigenvalue weighted by Crippen LogP contribution is 2.34. The van der Waals surface area contributed by atoms with Crippen LogP contribution in [0.15, 0.2) is 54.9 Å². The first-order valence-corrected chi connectivity index (χ1v) is 7.17. The summed E-state index contributed by atoms with van der Waals surface area (Å²) >= 11 is 2.20. The van der Waals surface area contributed by atoms with E-state index in [1.165, 1.54) is 12.3 Å². The average Bonchev–Trinajstić information content (AvgIpc) is 2.47. The number of aromatic nitrogens is 1.